The number of aromatic nitrogens is 2. The number of hydrogen-bond acceptors (Lipinski definition) is 2. The second-order valence-electron chi connectivity index (χ2n) is 4.33. The Bertz CT molecular complexity index is 331. The minimum Gasteiger partial charge on any atom is -0.323 e. The van der Waals surface area contributed by atoms with Crippen LogP contribution in [-0.2, 0) is 6.54 Å². The van der Waals surface area contributed by atoms with Crippen molar-refractivity contribution in [1.82, 2.24) is 9.78 Å². The molecule has 1 heterocycles. The fourth-order valence-corrected chi connectivity index (χ4v) is 2.47. The monoisotopic (exact) mass is 227 g/mol. The summed E-state index contributed by atoms with van der Waals surface area (Å²) in [6.07, 6.45) is 6.75. The quantitative estimate of drug-likeness (QED) is 0.860. The molecular formula is C11H18ClN3. The second-order valence-corrected chi connectivity index (χ2v) is 4.74. The summed E-state index contributed by atoms with van der Waals surface area (Å²) in [5, 5.41) is 4.92. The first kappa shape index (κ1) is 11.0. The van der Waals surface area contributed by atoms with Crippen molar-refractivity contribution in [3.05, 3.63) is 16.9 Å². The van der Waals surface area contributed by atoms with E-state index >= 15 is 0 Å². The normalized spacial score (nSPS) is 18.9. The predicted octanol–water partition coefficient (Wildman–Crippen LogP) is 2.75. The topological polar surface area (TPSA) is 43.8 Å². The van der Waals surface area contributed by atoms with Crippen molar-refractivity contribution in [3.8, 4) is 0 Å². The van der Waals surface area contributed by atoms with Gasteiger partial charge in [-0.1, -0.05) is 30.9 Å². The molecule has 84 valence electrons. The summed E-state index contributed by atoms with van der Waals surface area (Å²) >= 11 is 6.10. The molecule has 4 heteroatoms. The zero-order valence-electron chi connectivity index (χ0n) is 9.12. The lowest BCUT2D eigenvalue weighted by Gasteiger charge is -2.28. The van der Waals surface area contributed by atoms with E-state index in [2.05, 4.69) is 12.0 Å². The molecular weight excluding hydrogens is 210 g/mol. The molecule has 1 fully saturated rings. The van der Waals surface area contributed by atoms with Crippen LogP contribution in [0.15, 0.2) is 6.20 Å². The number of rotatable bonds is 4. The molecule has 1 unspecified atom stereocenters. The van der Waals surface area contributed by atoms with E-state index in [4.69, 9.17) is 17.3 Å². The number of nitrogens with two attached hydrogens (primary N) is 1. The predicted molar refractivity (Wildman–Crippen MR) is 61.8 cm³/mol. The van der Waals surface area contributed by atoms with E-state index in [0.717, 1.165) is 24.6 Å². The summed E-state index contributed by atoms with van der Waals surface area (Å²) in [5.74, 6) is 0.802. The Morgan fingerprint density at radius 1 is 1.67 bits per heavy atom. The Hall–Kier alpha value is -0.540. The molecule has 0 aromatic carbocycles. The van der Waals surface area contributed by atoms with E-state index in [9.17, 15) is 0 Å². The van der Waals surface area contributed by atoms with Crippen molar-refractivity contribution >= 4 is 11.6 Å². The highest BCUT2D eigenvalue weighted by Gasteiger charge is 2.24. The Morgan fingerprint density at radius 3 is 2.93 bits per heavy atom. The summed E-state index contributed by atoms with van der Waals surface area (Å²) in [4.78, 5) is 0. The van der Waals surface area contributed by atoms with Gasteiger partial charge in [-0.15, -0.1) is 0 Å². The minimum absolute atomic E-state index is 0.0465. The van der Waals surface area contributed by atoms with Crippen molar-refractivity contribution in [2.45, 2.75) is 45.2 Å². The van der Waals surface area contributed by atoms with E-state index in [1.807, 2.05) is 4.68 Å². The molecule has 1 atom stereocenters. The Morgan fingerprint density at radius 2 is 2.40 bits per heavy atom. The molecule has 0 bridgehead atoms. The van der Waals surface area contributed by atoms with Crippen LogP contribution in [0.4, 0.5) is 0 Å². The molecule has 1 saturated carbocycles. The number of aryl methyl sites for hydroxylation is 1. The van der Waals surface area contributed by atoms with Crippen molar-refractivity contribution in [3.63, 3.8) is 0 Å². The van der Waals surface area contributed by atoms with Gasteiger partial charge in [0.05, 0.1) is 16.9 Å². The average molecular weight is 228 g/mol. The summed E-state index contributed by atoms with van der Waals surface area (Å²) in [5.41, 5.74) is 7.19. The lowest BCUT2D eigenvalue weighted by atomic mass is 9.80. The molecule has 0 radical (unpaired) electrons. The van der Waals surface area contributed by atoms with Gasteiger partial charge >= 0.3 is 0 Å². The van der Waals surface area contributed by atoms with Gasteiger partial charge in [0.15, 0.2) is 0 Å². The maximum atomic E-state index is 6.18. The van der Waals surface area contributed by atoms with Gasteiger partial charge in [-0.3, -0.25) is 4.68 Å². The molecule has 15 heavy (non-hydrogen) atoms. The van der Waals surface area contributed by atoms with E-state index < -0.39 is 0 Å². The van der Waals surface area contributed by atoms with E-state index in [1.165, 1.54) is 19.3 Å². The van der Waals surface area contributed by atoms with Crippen LogP contribution < -0.4 is 5.73 Å². The highest BCUT2D eigenvalue weighted by molar-refractivity contribution is 6.31. The Labute approximate surface area is 95.6 Å². The Balaban J connectivity index is 2.08. The summed E-state index contributed by atoms with van der Waals surface area (Å²) < 4.78 is 1.91. The third-order valence-corrected chi connectivity index (χ3v) is 3.59. The van der Waals surface area contributed by atoms with Crippen LogP contribution >= 0.6 is 11.6 Å². The molecule has 1 aromatic rings. The molecule has 1 aromatic heterocycles. The highest BCUT2D eigenvalue weighted by Crippen LogP contribution is 2.35. The van der Waals surface area contributed by atoms with Gasteiger partial charge < -0.3 is 5.73 Å². The van der Waals surface area contributed by atoms with E-state index in [-0.39, 0.29) is 6.04 Å². The third-order valence-electron chi connectivity index (χ3n) is 3.30. The SMILES string of the molecule is CCn1ncc(Cl)c1C(N)CC1CCC1. The van der Waals surface area contributed by atoms with Crippen LogP contribution in [0.25, 0.3) is 0 Å². The molecule has 1 aliphatic rings. The van der Waals surface area contributed by atoms with Crippen LogP contribution in [0.1, 0.15) is 44.3 Å². The van der Waals surface area contributed by atoms with Gasteiger partial charge in [-0.05, 0) is 19.3 Å². The lowest BCUT2D eigenvalue weighted by molar-refractivity contribution is 0.273. The molecule has 0 spiro atoms. The molecule has 2 rings (SSSR count). The lowest BCUT2D eigenvalue weighted by Crippen LogP contribution is -2.22. The van der Waals surface area contributed by atoms with Gasteiger partial charge in [0.1, 0.15) is 0 Å². The molecule has 0 amide bonds. The number of hydrogen-bond donors (Lipinski definition) is 1. The van der Waals surface area contributed by atoms with Crippen molar-refractivity contribution in [2.75, 3.05) is 0 Å². The zero-order chi connectivity index (χ0) is 10.8. The first-order chi connectivity index (χ1) is 7.22. The first-order valence-electron chi connectivity index (χ1n) is 5.69. The maximum Gasteiger partial charge on any atom is 0.0834 e. The van der Waals surface area contributed by atoms with Crippen molar-refractivity contribution < 1.29 is 0 Å². The van der Waals surface area contributed by atoms with Crippen molar-refractivity contribution in [1.29, 1.82) is 0 Å². The summed E-state index contributed by atoms with van der Waals surface area (Å²) in [6, 6.07) is 0.0465. The molecule has 2 N–H and O–H groups in total. The summed E-state index contributed by atoms with van der Waals surface area (Å²) in [6.45, 7) is 2.89. The molecule has 0 aliphatic heterocycles. The van der Waals surface area contributed by atoms with Crippen LogP contribution in [0.3, 0.4) is 0 Å². The van der Waals surface area contributed by atoms with Gasteiger partial charge in [0.25, 0.3) is 0 Å². The largest absolute Gasteiger partial charge is 0.323 e. The molecule has 0 saturated heterocycles. The third kappa shape index (κ3) is 2.18. The fraction of sp³-hybridized carbons (Fsp3) is 0.727. The molecule has 3 nitrogen and oxygen atoms in total. The van der Waals surface area contributed by atoms with Crippen LogP contribution in [0, 0.1) is 5.92 Å². The summed E-state index contributed by atoms with van der Waals surface area (Å²) in [7, 11) is 0. The maximum absolute atomic E-state index is 6.18. The van der Waals surface area contributed by atoms with Crippen molar-refractivity contribution in [2.24, 2.45) is 11.7 Å². The van der Waals surface area contributed by atoms with E-state index in [0.29, 0.717) is 5.02 Å². The second kappa shape index (κ2) is 4.54. The standard InChI is InChI=1S/C11H18ClN3/c1-2-15-11(9(12)7-14-15)10(13)6-8-4-3-5-8/h7-8,10H,2-6,13H2,1H3. The highest BCUT2D eigenvalue weighted by atomic mass is 35.5. The van der Waals surface area contributed by atoms with E-state index in [1.54, 1.807) is 6.20 Å². The van der Waals surface area contributed by atoms with Gasteiger partial charge in [-0.25, -0.2) is 0 Å². The van der Waals surface area contributed by atoms with Crippen LogP contribution in [-0.4, -0.2) is 9.78 Å². The minimum atomic E-state index is 0.0465. The Kier molecular flexibility index (Phi) is 3.32. The van der Waals surface area contributed by atoms with Crippen LogP contribution in [0.2, 0.25) is 5.02 Å². The first-order valence-corrected chi connectivity index (χ1v) is 6.07. The molecule has 1 aliphatic carbocycles. The number of nitrogens with zero attached hydrogens (tertiary/aromatic N) is 2. The zero-order valence-corrected chi connectivity index (χ0v) is 9.87. The van der Waals surface area contributed by atoms with Crippen LogP contribution in [0.5, 0.6) is 0 Å². The van der Waals surface area contributed by atoms with Gasteiger partial charge in [0.2, 0.25) is 0 Å². The smallest absolute Gasteiger partial charge is 0.0834 e. The van der Waals surface area contributed by atoms with Gasteiger partial charge in [-0.2, -0.15) is 5.10 Å². The average Bonchev–Trinajstić information content (AvgIpc) is 2.53. The fourth-order valence-electron chi connectivity index (χ4n) is 2.19. The number of halogens is 1. The van der Waals surface area contributed by atoms with Gasteiger partial charge in [0, 0.05) is 12.6 Å².